The number of aromatic nitrogens is 3. The number of aryl methyl sites for hydroxylation is 3. The molecular formula is C22H26BrN9O4. The molecule has 0 unspecified atom stereocenters. The monoisotopic (exact) mass is 559 g/mol. The average molecular weight is 560 g/mol. The van der Waals surface area contributed by atoms with Crippen LogP contribution < -0.4 is 27.0 Å². The van der Waals surface area contributed by atoms with Gasteiger partial charge in [-0.05, 0) is 28.1 Å². The summed E-state index contributed by atoms with van der Waals surface area (Å²) in [6, 6.07) is 3.05. The summed E-state index contributed by atoms with van der Waals surface area (Å²) in [7, 11) is 4.99. The van der Waals surface area contributed by atoms with Gasteiger partial charge in [0.25, 0.3) is 17.7 Å². The van der Waals surface area contributed by atoms with Crippen molar-refractivity contribution in [3.8, 4) is 0 Å². The molecule has 36 heavy (non-hydrogen) atoms. The Morgan fingerprint density at radius 2 is 1.56 bits per heavy atom. The van der Waals surface area contributed by atoms with Crippen molar-refractivity contribution in [3.63, 3.8) is 0 Å². The molecule has 0 saturated carbocycles. The SMILES string of the molecule is Cn1cc(NC(=O)c2c(Br)c(NC(=O)c3cc(NC=O)cn3C)cn2C)cc1C(=O)NCCC(=N)N. The summed E-state index contributed by atoms with van der Waals surface area (Å²) in [6.45, 7) is 0.226. The van der Waals surface area contributed by atoms with Gasteiger partial charge in [0.2, 0.25) is 6.41 Å². The van der Waals surface area contributed by atoms with E-state index < -0.39 is 11.8 Å². The Labute approximate surface area is 214 Å². The molecule has 0 aromatic carbocycles. The first-order valence-corrected chi connectivity index (χ1v) is 11.4. The van der Waals surface area contributed by atoms with Crippen LogP contribution in [0.1, 0.15) is 37.9 Å². The van der Waals surface area contributed by atoms with Gasteiger partial charge in [-0.25, -0.2) is 0 Å². The van der Waals surface area contributed by atoms with E-state index >= 15 is 0 Å². The lowest BCUT2D eigenvalue weighted by Crippen LogP contribution is -2.28. The number of amidine groups is 1. The number of amides is 4. The van der Waals surface area contributed by atoms with Crippen LogP contribution in [0.5, 0.6) is 0 Å². The smallest absolute Gasteiger partial charge is 0.273 e. The first kappa shape index (κ1) is 26.3. The minimum absolute atomic E-state index is 0.0258. The lowest BCUT2D eigenvalue weighted by Gasteiger charge is -2.06. The molecule has 0 radical (unpaired) electrons. The van der Waals surface area contributed by atoms with E-state index in [9.17, 15) is 19.2 Å². The predicted octanol–water partition coefficient (Wildman–Crippen LogP) is 1.59. The highest BCUT2D eigenvalue weighted by molar-refractivity contribution is 9.10. The predicted molar refractivity (Wildman–Crippen MR) is 138 cm³/mol. The van der Waals surface area contributed by atoms with Gasteiger partial charge in [0.1, 0.15) is 17.1 Å². The number of anilines is 3. The summed E-state index contributed by atoms with van der Waals surface area (Å²) < 4.78 is 5.05. The number of nitrogens with one attached hydrogen (secondary N) is 5. The van der Waals surface area contributed by atoms with Gasteiger partial charge in [-0.2, -0.15) is 0 Å². The van der Waals surface area contributed by atoms with Gasteiger partial charge in [0.05, 0.1) is 27.4 Å². The molecule has 3 heterocycles. The Balaban J connectivity index is 1.73. The minimum atomic E-state index is -0.463. The third-order valence-electron chi connectivity index (χ3n) is 5.22. The lowest BCUT2D eigenvalue weighted by molar-refractivity contribution is -0.105. The molecule has 3 aromatic rings. The Morgan fingerprint density at radius 1 is 0.944 bits per heavy atom. The zero-order chi connectivity index (χ0) is 26.6. The van der Waals surface area contributed by atoms with Gasteiger partial charge in [0, 0.05) is 52.7 Å². The second-order valence-corrected chi connectivity index (χ2v) is 8.76. The van der Waals surface area contributed by atoms with E-state index in [1.807, 2.05) is 0 Å². The number of halogens is 1. The van der Waals surface area contributed by atoms with E-state index in [0.717, 1.165) is 0 Å². The molecule has 0 aliphatic carbocycles. The van der Waals surface area contributed by atoms with E-state index in [1.165, 1.54) is 12.1 Å². The maximum atomic E-state index is 13.0. The Bertz CT molecular complexity index is 1350. The quantitative estimate of drug-likeness (QED) is 0.125. The molecule has 3 rings (SSSR count). The summed E-state index contributed by atoms with van der Waals surface area (Å²) in [5.41, 5.74) is 7.41. The first-order valence-electron chi connectivity index (χ1n) is 10.6. The third kappa shape index (κ3) is 5.83. The third-order valence-corrected chi connectivity index (χ3v) is 6.02. The summed E-state index contributed by atoms with van der Waals surface area (Å²) in [5, 5.41) is 17.9. The first-order chi connectivity index (χ1) is 17.0. The fraction of sp³-hybridized carbons (Fsp3) is 0.227. The van der Waals surface area contributed by atoms with Crippen LogP contribution >= 0.6 is 15.9 Å². The highest BCUT2D eigenvalue weighted by atomic mass is 79.9. The van der Waals surface area contributed by atoms with Crippen molar-refractivity contribution in [2.75, 3.05) is 22.5 Å². The van der Waals surface area contributed by atoms with E-state index in [0.29, 0.717) is 39.3 Å². The van der Waals surface area contributed by atoms with Crippen molar-refractivity contribution in [3.05, 3.63) is 52.3 Å². The summed E-state index contributed by atoms with van der Waals surface area (Å²) >= 11 is 3.39. The van der Waals surface area contributed by atoms with E-state index in [1.54, 1.807) is 53.4 Å². The number of rotatable bonds is 10. The number of nitrogens with two attached hydrogens (primary N) is 1. The van der Waals surface area contributed by atoms with Crippen molar-refractivity contribution in [2.24, 2.45) is 26.9 Å². The van der Waals surface area contributed by atoms with Crippen LogP contribution in [-0.4, -0.2) is 50.2 Å². The van der Waals surface area contributed by atoms with Crippen molar-refractivity contribution in [1.82, 2.24) is 19.0 Å². The van der Waals surface area contributed by atoms with Crippen molar-refractivity contribution in [1.29, 1.82) is 5.41 Å². The average Bonchev–Trinajstić information content (AvgIpc) is 3.42. The molecule has 0 saturated heterocycles. The second-order valence-electron chi connectivity index (χ2n) is 7.97. The second kappa shape index (κ2) is 10.9. The maximum absolute atomic E-state index is 13.0. The molecular weight excluding hydrogens is 534 g/mol. The molecule has 4 amide bonds. The Morgan fingerprint density at radius 3 is 2.19 bits per heavy atom. The van der Waals surface area contributed by atoms with Crippen molar-refractivity contribution in [2.45, 2.75) is 6.42 Å². The largest absolute Gasteiger partial charge is 0.388 e. The molecule has 14 heteroatoms. The van der Waals surface area contributed by atoms with Crippen LogP contribution in [0.25, 0.3) is 0 Å². The van der Waals surface area contributed by atoms with E-state index in [4.69, 9.17) is 11.1 Å². The van der Waals surface area contributed by atoms with Crippen LogP contribution in [0.15, 0.2) is 35.2 Å². The van der Waals surface area contributed by atoms with E-state index in [-0.39, 0.29) is 30.4 Å². The van der Waals surface area contributed by atoms with Crippen LogP contribution in [0, 0.1) is 5.41 Å². The van der Waals surface area contributed by atoms with Crippen LogP contribution in [0.4, 0.5) is 17.1 Å². The molecule has 0 aliphatic rings. The molecule has 0 bridgehead atoms. The summed E-state index contributed by atoms with van der Waals surface area (Å²) in [6.07, 6.45) is 5.54. The van der Waals surface area contributed by atoms with Crippen LogP contribution in [0.3, 0.4) is 0 Å². The van der Waals surface area contributed by atoms with Crippen LogP contribution in [-0.2, 0) is 25.9 Å². The van der Waals surface area contributed by atoms with Gasteiger partial charge >= 0.3 is 0 Å². The normalized spacial score (nSPS) is 10.6. The fourth-order valence-corrected chi connectivity index (χ4v) is 4.18. The Kier molecular flexibility index (Phi) is 7.99. The fourth-order valence-electron chi connectivity index (χ4n) is 3.52. The van der Waals surface area contributed by atoms with Gasteiger partial charge in [-0.15, -0.1) is 0 Å². The Hall–Kier alpha value is -4.33. The summed E-state index contributed by atoms with van der Waals surface area (Å²) in [4.78, 5) is 48.8. The topological polar surface area (TPSA) is 181 Å². The summed E-state index contributed by atoms with van der Waals surface area (Å²) in [5.74, 6) is -1.29. The highest BCUT2D eigenvalue weighted by Gasteiger charge is 2.22. The number of nitrogens with zero attached hydrogens (tertiary/aromatic N) is 3. The van der Waals surface area contributed by atoms with Gasteiger partial charge in [-0.1, -0.05) is 0 Å². The zero-order valence-corrected chi connectivity index (χ0v) is 21.4. The zero-order valence-electron chi connectivity index (χ0n) is 19.8. The maximum Gasteiger partial charge on any atom is 0.273 e. The van der Waals surface area contributed by atoms with Crippen LogP contribution in [0.2, 0.25) is 0 Å². The molecule has 0 spiro atoms. The molecule has 7 N–H and O–H groups in total. The van der Waals surface area contributed by atoms with Crippen molar-refractivity contribution >= 4 is 63.0 Å². The number of carbonyl (C=O) groups excluding carboxylic acids is 4. The number of hydrogen-bond donors (Lipinski definition) is 6. The van der Waals surface area contributed by atoms with Gasteiger partial charge in [-0.3, -0.25) is 24.6 Å². The minimum Gasteiger partial charge on any atom is -0.388 e. The number of hydrogen-bond acceptors (Lipinski definition) is 5. The van der Waals surface area contributed by atoms with Crippen molar-refractivity contribution < 1.29 is 19.2 Å². The molecule has 0 aliphatic heterocycles. The molecule has 190 valence electrons. The lowest BCUT2D eigenvalue weighted by atomic mass is 10.3. The molecule has 0 fully saturated rings. The highest BCUT2D eigenvalue weighted by Crippen LogP contribution is 2.30. The van der Waals surface area contributed by atoms with Gasteiger partial charge in [0.15, 0.2) is 0 Å². The standard InChI is InChI=1S/C22H26BrN9O4/c1-30-8-12(27-11-33)6-16(30)21(35)29-14-10-32(3)19(18(14)23)22(36)28-13-7-15(31(2)9-13)20(34)26-5-4-17(24)25/h6-11H,4-5H2,1-3H3,(H3,24,25)(H,26,34)(H,27,33)(H,28,36)(H,29,35). The van der Waals surface area contributed by atoms with E-state index in [2.05, 4.69) is 37.2 Å². The molecule has 3 aromatic heterocycles. The number of carbonyl (C=O) groups is 4. The molecule has 0 atom stereocenters. The van der Waals surface area contributed by atoms with Gasteiger partial charge < -0.3 is 40.7 Å². The molecule has 13 nitrogen and oxygen atoms in total.